The molecule has 2 saturated heterocycles. The van der Waals surface area contributed by atoms with E-state index < -0.39 is 5.97 Å². The Balaban J connectivity index is 2.08. The van der Waals surface area contributed by atoms with Gasteiger partial charge in [-0.25, -0.2) is 0 Å². The summed E-state index contributed by atoms with van der Waals surface area (Å²) in [5.74, 6) is -0.371. The molecule has 4 heteroatoms. The van der Waals surface area contributed by atoms with Crippen molar-refractivity contribution in [1.82, 2.24) is 4.90 Å². The van der Waals surface area contributed by atoms with Crippen LogP contribution in [0.1, 0.15) is 19.3 Å². The standard InChI is InChI=1S/C11H19NO3/c1-12-4-3-11(7-12)8-15-5-2-9(11)6-10(13)14/h9H,2-8H2,1H3,(H,13,14). The molecule has 2 aliphatic heterocycles. The Labute approximate surface area is 90.2 Å². The highest BCUT2D eigenvalue weighted by atomic mass is 16.5. The molecule has 0 bridgehead atoms. The zero-order chi connectivity index (χ0) is 10.9. The van der Waals surface area contributed by atoms with Crippen LogP contribution in [-0.2, 0) is 9.53 Å². The second-order valence-electron chi connectivity index (χ2n) is 4.99. The molecule has 2 unspecified atom stereocenters. The molecule has 2 heterocycles. The molecule has 0 saturated carbocycles. The Kier molecular flexibility index (Phi) is 2.98. The number of carboxylic acid groups (broad SMARTS) is 1. The van der Waals surface area contributed by atoms with Crippen LogP contribution in [0.15, 0.2) is 0 Å². The van der Waals surface area contributed by atoms with E-state index in [2.05, 4.69) is 11.9 Å². The van der Waals surface area contributed by atoms with Gasteiger partial charge in [-0.15, -0.1) is 0 Å². The summed E-state index contributed by atoms with van der Waals surface area (Å²) >= 11 is 0. The van der Waals surface area contributed by atoms with Crippen LogP contribution < -0.4 is 0 Å². The fraction of sp³-hybridized carbons (Fsp3) is 0.909. The Morgan fingerprint density at radius 2 is 2.47 bits per heavy atom. The molecule has 0 aromatic heterocycles. The van der Waals surface area contributed by atoms with Crippen LogP contribution >= 0.6 is 0 Å². The summed E-state index contributed by atoms with van der Waals surface area (Å²) in [5.41, 5.74) is 0.116. The summed E-state index contributed by atoms with van der Waals surface area (Å²) < 4.78 is 5.55. The lowest BCUT2D eigenvalue weighted by Crippen LogP contribution is -2.43. The zero-order valence-corrected chi connectivity index (χ0v) is 9.24. The van der Waals surface area contributed by atoms with E-state index in [9.17, 15) is 4.79 Å². The fourth-order valence-corrected chi connectivity index (χ4v) is 3.01. The van der Waals surface area contributed by atoms with Gasteiger partial charge in [0, 0.05) is 25.0 Å². The third-order valence-electron chi connectivity index (χ3n) is 3.86. The van der Waals surface area contributed by atoms with Crippen LogP contribution in [0, 0.1) is 11.3 Å². The first-order valence-corrected chi connectivity index (χ1v) is 5.60. The number of carboxylic acids is 1. The van der Waals surface area contributed by atoms with Crippen LogP contribution in [0.2, 0.25) is 0 Å². The predicted octanol–water partition coefficient (Wildman–Crippen LogP) is 0.820. The van der Waals surface area contributed by atoms with Gasteiger partial charge in [0.1, 0.15) is 0 Å². The highest BCUT2D eigenvalue weighted by Crippen LogP contribution is 2.43. The minimum Gasteiger partial charge on any atom is -0.481 e. The van der Waals surface area contributed by atoms with E-state index in [1.807, 2.05) is 0 Å². The number of hydrogen-bond donors (Lipinski definition) is 1. The molecule has 0 aromatic carbocycles. The van der Waals surface area contributed by atoms with Crippen molar-refractivity contribution in [2.24, 2.45) is 11.3 Å². The van der Waals surface area contributed by atoms with Gasteiger partial charge in [-0.05, 0) is 32.4 Å². The first kappa shape index (κ1) is 10.9. The van der Waals surface area contributed by atoms with E-state index in [0.29, 0.717) is 12.3 Å². The van der Waals surface area contributed by atoms with Gasteiger partial charge in [0.15, 0.2) is 0 Å². The quantitative estimate of drug-likeness (QED) is 0.738. The number of carbonyl (C=O) groups is 1. The summed E-state index contributed by atoms with van der Waals surface area (Å²) in [6, 6.07) is 0. The molecule has 0 amide bonds. The third-order valence-corrected chi connectivity index (χ3v) is 3.86. The van der Waals surface area contributed by atoms with Gasteiger partial charge in [-0.1, -0.05) is 0 Å². The van der Waals surface area contributed by atoms with Crippen molar-refractivity contribution in [2.75, 3.05) is 33.4 Å². The minimum absolute atomic E-state index is 0.116. The Bertz CT molecular complexity index is 252. The van der Waals surface area contributed by atoms with Crippen molar-refractivity contribution < 1.29 is 14.6 Å². The molecule has 86 valence electrons. The average Bonchev–Trinajstić information content (AvgIpc) is 2.52. The van der Waals surface area contributed by atoms with Crippen molar-refractivity contribution in [2.45, 2.75) is 19.3 Å². The van der Waals surface area contributed by atoms with Crippen molar-refractivity contribution in [3.8, 4) is 0 Å². The normalized spacial score (nSPS) is 37.3. The largest absolute Gasteiger partial charge is 0.481 e. The van der Waals surface area contributed by atoms with Crippen LogP contribution in [-0.4, -0.2) is 49.3 Å². The SMILES string of the molecule is CN1CCC2(COCCC2CC(=O)O)C1. The van der Waals surface area contributed by atoms with Crippen molar-refractivity contribution in [3.05, 3.63) is 0 Å². The van der Waals surface area contributed by atoms with Gasteiger partial charge in [-0.2, -0.15) is 0 Å². The van der Waals surface area contributed by atoms with Crippen LogP contribution in [0.25, 0.3) is 0 Å². The number of likely N-dealkylation sites (tertiary alicyclic amines) is 1. The average molecular weight is 213 g/mol. The molecule has 2 atom stereocenters. The highest BCUT2D eigenvalue weighted by Gasteiger charge is 2.46. The first-order chi connectivity index (χ1) is 7.12. The Morgan fingerprint density at radius 3 is 3.07 bits per heavy atom. The van der Waals surface area contributed by atoms with E-state index in [0.717, 1.165) is 39.1 Å². The lowest BCUT2D eigenvalue weighted by atomic mass is 9.71. The van der Waals surface area contributed by atoms with E-state index in [1.165, 1.54) is 0 Å². The Hall–Kier alpha value is -0.610. The summed E-state index contributed by atoms with van der Waals surface area (Å²) in [4.78, 5) is 13.1. The lowest BCUT2D eigenvalue weighted by molar-refractivity contribution is -0.141. The minimum atomic E-state index is -0.671. The van der Waals surface area contributed by atoms with Gasteiger partial charge >= 0.3 is 5.97 Å². The fourth-order valence-electron chi connectivity index (χ4n) is 3.01. The van der Waals surface area contributed by atoms with Gasteiger partial charge in [-0.3, -0.25) is 4.79 Å². The molecule has 0 aliphatic carbocycles. The number of hydrogen-bond acceptors (Lipinski definition) is 3. The number of rotatable bonds is 2. The smallest absolute Gasteiger partial charge is 0.303 e. The van der Waals surface area contributed by atoms with Crippen LogP contribution in [0.5, 0.6) is 0 Å². The van der Waals surface area contributed by atoms with Crippen molar-refractivity contribution >= 4 is 5.97 Å². The van der Waals surface area contributed by atoms with Crippen molar-refractivity contribution in [3.63, 3.8) is 0 Å². The maximum absolute atomic E-state index is 10.8. The number of ether oxygens (including phenoxy) is 1. The van der Waals surface area contributed by atoms with E-state index in [4.69, 9.17) is 9.84 Å². The zero-order valence-electron chi connectivity index (χ0n) is 9.24. The van der Waals surface area contributed by atoms with E-state index in [-0.39, 0.29) is 5.41 Å². The highest BCUT2D eigenvalue weighted by molar-refractivity contribution is 5.67. The summed E-state index contributed by atoms with van der Waals surface area (Å²) in [6.07, 6.45) is 2.29. The summed E-state index contributed by atoms with van der Waals surface area (Å²) in [6.45, 7) is 3.53. The molecule has 1 spiro atoms. The maximum atomic E-state index is 10.8. The van der Waals surface area contributed by atoms with Crippen LogP contribution in [0.4, 0.5) is 0 Å². The summed E-state index contributed by atoms with van der Waals surface area (Å²) in [7, 11) is 2.10. The molecule has 15 heavy (non-hydrogen) atoms. The molecule has 4 nitrogen and oxygen atoms in total. The Morgan fingerprint density at radius 1 is 1.67 bits per heavy atom. The molecule has 1 N–H and O–H groups in total. The van der Waals surface area contributed by atoms with E-state index >= 15 is 0 Å². The van der Waals surface area contributed by atoms with Gasteiger partial charge in [0.25, 0.3) is 0 Å². The lowest BCUT2D eigenvalue weighted by Gasteiger charge is -2.40. The monoisotopic (exact) mass is 213 g/mol. The predicted molar refractivity (Wildman–Crippen MR) is 55.7 cm³/mol. The van der Waals surface area contributed by atoms with Gasteiger partial charge in [0.05, 0.1) is 6.61 Å². The first-order valence-electron chi connectivity index (χ1n) is 5.60. The molecule has 0 aromatic rings. The van der Waals surface area contributed by atoms with Crippen LogP contribution in [0.3, 0.4) is 0 Å². The third kappa shape index (κ3) is 2.16. The molecule has 2 rings (SSSR count). The van der Waals surface area contributed by atoms with Gasteiger partial charge < -0.3 is 14.7 Å². The molecule has 2 fully saturated rings. The second kappa shape index (κ2) is 4.10. The maximum Gasteiger partial charge on any atom is 0.303 e. The number of aliphatic carboxylic acids is 1. The van der Waals surface area contributed by atoms with E-state index in [1.54, 1.807) is 0 Å². The topological polar surface area (TPSA) is 49.8 Å². The molecular formula is C11H19NO3. The molecule has 0 radical (unpaired) electrons. The molecule has 2 aliphatic rings. The number of nitrogens with zero attached hydrogens (tertiary/aromatic N) is 1. The molecular weight excluding hydrogens is 194 g/mol. The van der Waals surface area contributed by atoms with Gasteiger partial charge in [0.2, 0.25) is 0 Å². The van der Waals surface area contributed by atoms with Crippen molar-refractivity contribution in [1.29, 1.82) is 0 Å². The summed E-state index contributed by atoms with van der Waals surface area (Å²) in [5, 5.41) is 8.92. The second-order valence-corrected chi connectivity index (χ2v) is 4.99.